The monoisotopic (exact) mass is 391 g/mol. The van der Waals surface area contributed by atoms with E-state index in [0.717, 1.165) is 17.1 Å². The maximum Gasteiger partial charge on any atom is 0.340 e. The fourth-order valence-corrected chi connectivity index (χ4v) is 3.39. The molecule has 0 fully saturated rings. The summed E-state index contributed by atoms with van der Waals surface area (Å²) in [5.74, 6) is 0.113. The van der Waals surface area contributed by atoms with Crippen LogP contribution in [0.15, 0.2) is 48.5 Å². The molecule has 29 heavy (non-hydrogen) atoms. The number of aryl methyl sites for hydroxylation is 2. The minimum absolute atomic E-state index is 0.0251. The van der Waals surface area contributed by atoms with Gasteiger partial charge in [-0.1, -0.05) is 17.7 Å². The fourth-order valence-electron chi connectivity index (χ4n) is 3.39. The molecule has 3 aromatic rings. The van der Waals surface area contributed by atoms with E-state index in [2.05, 4.69) is 0 Å². The van der Waals surface area contributed by atoms with Gasteiger partial charge in [0.25, 0.3) is 0 Å². The number of methoxy groups -OCH3 is 1. The highest BCUT2D eigenvalue weighted by Gasteiger charge is 2.19. The minimum Gasteiger partial charge on any atom is -0.496 e. The number of hydrogen-bond donors (Lipinski definition) is 0. The summed E-state index contributed by atoms with van der Waals surface area (Å²) in [4.78, 5) is 24.4. The van der Waals surface area contributed by atoms with E-state index >= 15 is 0 Å². The van der Waals surface area contributed by atoms with Crippen molar-refractivity contribution in [2.24, 2.45) is 0 Å². The summed E-state index contributed by atoms with van der Waals surface area (Å²) < 4.78 is 12.9. The molecule has 150 valence electrons. The summed E-state index contributed by atoms with van der Waals surface area (Å²) in [5, 5.41) is 0. The number of Topliss-reactive ketones (excluding diaryl/α,β-unsaturated/α-hetero) is 1. The molecule has 3 rings (SSSR count). The first-order valence-corrected chi connectivity index (χ1v) is 9.42. The Morgan fingerprint density at radius 2 is 1.66 bits per heavy atom. The van der Waals surface area contributed by atoms with Crippen LogP contribution in [0.5, 0.6) is 5.75 Å². The summed E-state index contributed by atoms with van der Waals surface area (Å²) in [5.41, 5.74) is 5.67. The van der Waals surface area contributed by atoms with Crippen LogP contribution in [0.4, 0.5) is 0 Å². The predicted octanol–water partition coefficient (Wildman–Crippen LogP) is 4.97. The predicted molar refractivity (Wildman–Crippen MR) is 112 cm³/mol. The minimum atomic E-state index is -0.410. The van der Waals surface area contributed by atoms with E-state index < -0.39 is 5.97 Å². The number of carbonyl (C=O) groups is 2. The Balaban J connectivity index is 1.84. The number of rotatable bonds is 6. The molecule has 0 atom stereocenters. The topological polar surface area (TPSA) is 57.5 Å². The van der Waals surface area contributed by atoms with Gasteiger partial charge in [0.2, 0.25) is 0 Å². The lowest BCUT2D eigenvalue weighted by atomic mass is 10.1. The highest BCUT2D eigenvalue weighted by molar-refractivity contribution is 5.94. The van der Waals surface area contributed by atoms with Gasteiger partial charge in [0.1, 0.15) is 12.4 Å². The highest BCUT2D eigenvalue weighted by Crippen LogP contribution is 2.24. The molecule has 0 saturated carbocycles. The molecule has 0 saturated heterocycles. The van der Waals surface area contributed by atoms with Crippen molar-refractivity contribution in [2.45, 2.75) is 34.3 Å². The largest absolute Gasteiger partial charge is 0.496 e. The van der Waals surface area contributed by atoms with Crippen LogP contribution < -0.4 is 4.74 Å². The van der Waals surface area contributed by atoms with Crippen LogP contribution in [-0.4, -0.2) is 23.4 Å². The lowest BCUT2D eigenvalue weighted by Crippen LogP contribution is -2.08. The van der Waals surface area contributed by atoms with E-state index in [4.69, 9.17) is 9.47 Å². The molecule has 0 aliphatic carbocycles. The Labute approximate surface area is 170 Å². The Morgan fingerprint density at radius 1 is 0.966 bits per heavy atom. The maximum absolute atomic E-state index is 12.8. The number of carbonyl (C=O) groups excluding carboxylic acids is 2. The number of hydrogen-bond acceptors (Lipinski definition) is 4. The van der Waals surface area contributed by atoms with Crippen molar-refractivity contribution < 1.29 is 19.1 Å². The molecule has 0 radical (unpaired) electrons. The zero-order chi connectivity index (χ0) is 21.1. The van der Waals surface area contributed by atoms with Gasteiger partial charge in [0, 0.05) is 28.2 Å². The Kier molecular flexibility index (Phi) is 5.87. The molecule has 2 aromatic carbocycles. The van der Waals surface area contributed by atoms with Crippen molar-refractivity contribution in [1.29, 1.82) is 0 Å². The van der Waals surface area contributed by atoms with Crippen LogP contribution in [-0.2, 0) is 11.3 Å². The second-order valence-corrected chi connectivity index (χ2v) is 7.11. The summed E-state index contributed by atoms with van der Waals surface area (Å²) in [6.45, 7) is 7.43. The third kappa shape index (κ3) is 4.24. The van der Waals surface area contributed by atoms with Crippen molar-refractivity contribution in [3.63, 3.8) is 0 Å². The van der Waals surface area contributed by atoms with E-state index in [9.17, 15) is 9.59 Å². The first-order valence-electron chi connectivity index (χ1n) is 9.42. The third-order valence-corrected chi connectivity index (χ3v) is 4.99. The highest BCUT2D eigenvalue weighted by atomic mass is 16.5. The lowest BCUT2D eigenvalue weighted by molar-refractivity contribution is 0.0469. The van der Waals surface area contributed by atoms with Gasteiger partial charge >= 0.3 is 5.97 Å². The maximum atomic E-state index is 12.8. The number of benzene rings is 2. The van der Waals surface area contributed by atoms with E-state index in [-0.39, 0.29) is 12.4 Å². The van der Waals surface area contributed by atoms with Crippen LogP contribution in [0, 0.1) is 20.8 Å². The number of esters is 1. The van der Waals surface area contributed by atoms with Gasteiger partial charge in [-0.3, -0.25) is 4.79 Å². The van der Waals surface area contributed by atoms with Crippen LogP contribution in [0.1, 0.15) is 50.2 Å². The molecule has 0 bridgehead atoms. The Hall–Kier alpha value is -3.34. The van der Waals surface area contributed by atoms with E-state index in [1.807, 2.05) is 55.7 Å². The van der Waals surface area contributed by atoms with Crippen molar-refractivity contribution in [1.82, 2.24) is 4.57 Å². The zero-order valence-corrected chi connectivity index (χ0v) is 17.4. The van der Waals surface area contributed by atoms with Crippen LogP contribution in [0.2, 0.25) is 0 Å². The summed E-state index contributed by atoms with van der Waals surface area (Å²) in [6, 6.07) is 15.1. The smallest absolute Gasteiger partial charge is 0.340 e. The Morgan fingerprint density at radius 3 is 2.28 bits per heavy atom. The standard InChI is InChI=1S/C24H25NO4/c1-15-6-9-21(10-7-15)25-16(2)12-22(17(25)3)24(27)29-14-20-13-19(18(4)26)8-11-23(20)28-5/h6-13H,14H2,1-5H3. The van der Waals surface area contributed by atoms with Gasteiger partial charge < -0.3 is 14.0 Å². The first kappa shape index (κ1) is 20.4. The molecule has 0 spiro atoms. The molecule has 0 aliphatic heterocycles. The summed E-state index contributed by atoms with van der Waals surface area (Å²) >= 11 is 0. The average molecular weight is 391 g/mol. The molecule has 1 heterocycles. The van der Waals surface area contributed by atoms with Crippen LogP contribution in [0.3, 0.4) is 0 Å². The van der Waals surface area contributed by atoms with Crippen LogP contribution >= 0.6 is 0 Å². The average Bonchev–Trinajstić information content (AvgIpc) is 3.00. The van der Waals surface area contributed by atoms with Crippen molar-refractivity contribution in [3.8, 4) is 11.4 Å². The van der Waals surface area contributed by atoms with Crippen molar-refractivity contribution in [2.75, 3.05) is 7.11 Å². The van der Waals surface area contributed by atoms with Gasteiger partial charge in [0.05, 0.1) is 12.7 Å². The molecular formula is C24H25NO4. The fraction of sp³-hybridized carbons (Fsp3) is 0.250. The number of ether oxygens (including phenoxy) is 2. The van der Waals surface area contributed by atoms with Gasteiger partial charge in [-0.15, -0.1) is 0 Å². The molecule has 1 aromatic heterocycles. The second-order valence-electron chi connectivity index (χ2n) is 7.11. The van der Waals surface area contributed by atoms with Crippen LogP contribution in [0.25, 0.3) is 5.69 Å². The molecule has 0 aliphatic rings. The van der Waals surface area contributed by atoms with E-state index in [1.165, 1.54) is 12.5 Å². The van der Waals surface area contributed by atoms with E-state index in [1.54, 1.807) is 25.3 Å². The summed E-state index contributed by atoms with van der Waals surface area (Å²) in [6.07, 6.45) is 0. The second kappa shape index (κ2) is 8.35. The molecule has 0 N–H and O–H groups in total. The van der Waals surface area contributed by atoms with Gasteiger partial charge in [-0.05, 0) is 64.1 Å². The number of nitrogens with zero attached hydrogens (tertiary/aromatic N) is 1. The molecular weight excluding hydrogens is 366 g/mol. The van der Waals surface area contributed by atoms with E-state index in [0.29, 0.717) is 22.4 Å². The van der Waals surface area contributed by atoms with Gasteiger partial charge in [-0.2, -0.15) is 0 Å². The molecule has 5 nitrogen and oxygen atoms in total. The molecule has 0 amide bonds. The Bertz CT molecular complexity index is 1060. The zero-order valence-electron chi connectivity index (χ0n) is 17.4. The van der Waals surface area contributed by atoms with Crippen molar-refractivity contribution in [3.05, 3.63) is 82.2 Å². The third-order valence-electron chi connectivity index (χ3n) is 4.99. The SMILES string of the molecule is COc1ccc(C(C)=O)cc1COC(=O)c1cc(C)n(-c2ccc(C)cc2)c1C. The summed E-state index contributed by atoms with van der Waals surface area (Å²) in [7, 11) is 1.54. The first-order chi connectivity index (χ1) is 13.8. The quantitative estimate of drug-likeness (QED) is 0.440. The lowest BCUT2D eigenvalue weighted by Gasteiger charge is -2.12. The normalized spacial score (nSPS) is 10.7. The molecule has 0 unspecified atom stereocenters. The number of aromatic nitrogens is 1. The van der Waals surface area contributed by atoms with Gasteiger partial charge in [-0.25, -0.2) is 4.79 Å². The number of ketones is 1. The van der Waals surface area contributed by atoms with Crippen molar-refractivity contribution >= 4 is 11.8 Å². The van der Waals surface area contributed by atoms with Gasteiger partial charge in [0.15, 0.2) is 5.78 Å². The molecule has 5 heteroatoms.